The zero-order valence-corrected chi connectivity index (χ0v) is 16.7. The highest BCUT2D eigenvalue weighted by atomic mass is 19.1. The summed E-state index contributed by atoms with van der Waals surface area (Å²) < 4.78 is 25.9. The van der Waals surface area contributed by atoms with E-state index in [1.54, 1.807) is 30.6 Å². The summed E-state index contributed by atoms with van der Waals surface area (Å²) in [5.74, 6) is 1.21. The molecule has 5 rings (SSSR count). The first-order valence-electron chi connectivity index (χ1n) is 10.0. The largest absolute Gasteiger partial charge is 0.494 e. The molecule has 0 bridgehead atoms. The predicted molar refractivity (Wildman–Crippen MR) is 112 cm³/mol. The van der Waals surface area contributed by atoms with E-state index in [0.717, 1.165) is 30.0 Å². The van der Waals surface area contributed by atoms with Crippen LogP contribution >= 0.6 is 0 Å². The minimum absolute atomic E-state index is 0.205. The topological polar surface area (TPSA) is 63.6 Å². The van der Waals surface area contributed by atoms with Crippen molar-refractivity contribution in [1.82, 2.24) is 15.0 Å². The Bertz CT molecular complexity index is 1060. The van der Waals surface area contributed by atoms with Gasteiger partial charge in [-0.2, -0.15) is 4.98 Å². The standard InChI is InChI=1S/C22H22FN5O2/c1-29-18-4-2-3-16(19(18)23)20-17-7-10-28(15-5-8-24-9-6-15)21(17)26-22(25-20)27-11-13-30-14-12-27/h2-6,8-9H,7,10-14H2,1H3. The van der Waals surface area contributed by atoms with Crippen LogP contribution in [0.2, 0.25) is 0 Å². The average Bonchev–Trinajstić information content (AvgIpc) is 3.24. The van der Waals surface area contributed by atoms with E-state index >= 15 is 4.39 Å². The lowest BCUT2D eigenvalue weighted by molar-refractivity contribution is 0.122. The highest BCUT2D eigenvalue weighted by Gasteiger charge is 2.30. The van der Waals surface area contributed by atoms with E-state index in [1.165, 1.54) is 7.11 Å². The van der Waals surface area contributed by atoms with Gasteiger partial charge in [-0.15, -0.1) is 0 Å². The molecule has 154 valence electrons. The van der Waals surface area contributed by atoms with E-state index in [4.69, 9.17) is 19.4 Å². The van der Waals surface area contributed by atoms with Crippen LogP contribution in [0.1, 0.15) is 5.56 Å². The van der Waals surface area contributed by atoms with Gasteiger partial charge in [0, 0.05) is 48.8 Å². The van der Waals surface area contributed by atoms with E-state index in [1.807, 2.05) is 12.1 Å². The summed E-state index contributed by atoms with van der Waals surface area (Å²) >= 11 is 0. The third-order valence-corrected chi connectivity index (χ3v) is 5.52. The molecule has 0 amide bonds. The predicted octanol–water partition coefficient (Wildman–Crippen LogP) is 3.22. The third-order valence-electron chi connectivity index (χ3n) is 5.52. The minimum Gasteiger partial charge on any atom is -0.494 e. The Balaban J connectivity index is 1.68. The molecule has 1 aromatic carbocycles. The van der Waals surface area contributed by atoms with Crippen LogP contribution < -0.4 is 14.5 Å². The fourth-order valence-electron chi connectivity index (χ4n) is 4.00. The van der Waals surface area contributed by atoms with Gasteiger partial charge in [0.1, 0.15) is 5.82 Å². The van der Waals surface area contributed by atoms with Crippen molar-refractivity contribution in [2.45, 2.75) is 6.42 Å². The molecule has 30 heavy (non-hydrogen) atoms. The first kappa shape index (κ1) is 18.7. The lowest BCUT2D eigenvalue weighted by atomic mass is 10.0. The molecule has 2 aromatic heterocycles. The fourth-order valence-corrected chi connectivity index (χ4v) is 4.00. The zero-order chi connectivity index (χ0) is 20.5. The normalized spacial score (nSPS) is 15.9. The van der Waals surface area contributed by atoms with E-state index < -0.39 is 5.82 Å². The molecule has 0 radical (unpaired) electrons. The molecule has 0 spiro atoms. The van der Waals surface area contributed by atoms with Gasteiger partial charge in [0.05, 0.1) is 26.0 Å². The second-order valence-corrected chi connectivity index (χ2v) is 7.20. The summed E-state index contributed by atoms with van der Waals surface area (Å²) in [5, 5.41) is 0. The quantitative estimate of drug-likeness (QED) is 0.658. The van der Waals surface area contributed by atoms with Crippen molar-refractivity contribution in [3.05, 3.63) is 54.1 Å². The Kier molecular flexibility index (Phi) is 4.92. The van der Waals surface area contributed by atoms with Gasteiger partial charge < -0.3 is 19.3 Å². The maximum absolute atomic E-state index is 15.2. The molecule has 7 nitrogen and oxygen atoms in total. The van der Waals surface area contributed by atoms with Crippen molar-refractivity contribution in [2.24, 2.45) is 0 Å². The molecule has 4 heterocycles. The Labute approximate surface area is 174 Å². The van der Waals surface area contributed by atoms with E-state index in [0.29, 0.717) is 43.5 Å². The number of ether oxygens (including phenoxy) is 2. The number of benzene rings is 1. The molecule has 2 aliphatic rings. The smallest absolute Gasteiger partial charge is 0.228 e. The number of fused-ring (bicyclic) bond motifs is 1. The summed E-state index contributed by atoms with van der Waals surface area (Å²) in [4.78, 5) is 18.1. The average molecular weight is 407 g/mol. The number of nitrogens with zero attached hydrogens (tertiary/aromatic N) is 5. The van der Waals surface area contributed by atoms with Crippen LogP contribution in [0.4, 0.5) is 21.8 Å². The molecule has 0 aliphatic carbocycles. The second kappa shape index (κ2) is 7.87. The van der Waals surface area contributed by atoms with Crippen LogP contribution in [0.25, 0.3) is 11.3 Å². The number of hydrogen-bond acceptors (Lipinski definition) is 7. The Hall–Kier alpha value is -3.26. The number of pyridine rings is 1. The van der Waals surface area contributed by atoms with Crippen molar-refractivity contribution < 1.29 is 13.9 Å². The maximum atomic E-state index is 15.2. The van der Waals surface area contributed by atoms with Crippen LogP contribution in [-0.2, 0) is 11.2 Å². The molecule has 0 saturated carbocycles. The molecule has 1 saturated heterocycles. The molecule has 1 fully saturated rings. The molecule has 0 unspecified atom stereocenters. The SMILES string of the molecule is COc1cccc(-c2nc(N3CCOCC3)nc3c2CCN3c2ccncc2)c1F. The monoisotopic (exact) mass is 407 g/mol. The minimum atomic E-state index is -0.406. The first-order chi connectivity index (χ1) is 14.8. The lowest BCUT2D eigenvalue weighted by Crippen LogP contribution is -2.37. The van der Waals surface area contributed by atoms with E-state index in [-0.39, 0.29) is 5.75 Å². The summed E-state index contributed by atoms with van der Waals surface area (Å²) in [6, 6.07) is 9.07. The van der Waals surface area contributed by atoms with Crippen LogP contribution in [0, 0.1) is 5.82 Å². The summed E-state index contributed by atoms with van der Waals surface area (Å²) in [6.07, 6.45) is 4.26. The number of anilines is 3. The second-order valence-electron chi connectivity index (χ2n) is 7.20. The highest BCUT2D eigenvalue weighted by Crippen LogP contribution is 2.40. The maximum Gasteiger partial charge on any atom is 0.228 e. The van der Waals surface area contributed by atoms with Gasteiger partial charge in [-0.1, -0.05) is 6.07 Å². The molecular formula is C22H22FN5O2. The molecule has 0 N–H and O–H groups in total. The van der Waals surface area contributed by atoms with Gasteiger partial charge in [0.15, 0.2) is 11.6 Å². The molecule has 2 aliphatic heterocycles. The van der Waals surface area contributed by atoms with Crippen LogP contribution in [-0.4, -0.2) is 54.9 Å². The number of rotatable bonds is 4. The van der Waals surface area contributed by atoms with Gasteiger partial charge in [0.2, 0.25) is 5.95 Å². The molecule has 3 aromatic rings. The zero-order valence-electron chi connectivity index (χ0n) is 16.7. The van der Waals surface area contributed by atoms with Crippen molar-refractivity contribution in [2.75, 3.05) is 49.8 Å². The lowest BCUT2D eigenvalue weighted by Gasteiger charge is -2.28. The Morgan fingerprint density at radius 2 is 1.83 bits per heavy atom. The van der Waals surface area contributed by atoms with Gasteiger partial charge in [-0.05, 0) is 30.7 Å². The summed E-state index contributed by atoms with van der Waals surface area (Å²) in [7, 11) is 1.47. The summed E-state index contributed by atoms with van der Waals surface area (Å²) in [6.45, 7) is 3.40. The van der Waals surface area contributed by atoms with Crippen molar-refractivity contribution in [3.8, 4) is 17.0 Å². The van der Waals surface area contributed by atoms with Crippen LogP contribution in [0.15, 0.2) is 42.7 Å². The first-order valence-corrected chi connectivity index (χ1v) is 10.0. The fraction of sp³-hybridized carbons (Fsp3) is 0.318. The van der Waals surface area contributed by atoms with Gasteiger partial charge in [-0.3, -0.25) is 4.98 Å². The Morgan fingerprint density at radius 1 is 1.03 bits per heavy atom. The molecule has 8 heteroatoms. The van der Waals surface area contributed by atoms with Gasteiger partial charge in [0.25, 0.3) is 0 Å². The van der Waals surface area contributed by atoms with Gasteiger partial charge >= 0.3 is 0 Å². The number of halogens is 1. The Morgan fingerprint density at radius 3 is 2.60 bits per heavy atom. The van der Waals surface area contributed by atoms with E-state index in [9.17, 15) is 0 Å². The number of aromatic nitrogens is 3. The van der Waals surface area contributed by atoms with E-state index in [2.05, 4.69) is 14.8 Å². The van der Waals surface area contributed by atoms with Crippen molar-refractivity contribution in [1.29, 1.82) is 0 Å². The van der Waals surface area contributed by atoms with Crippen LogP contribution in [0.3, 0.4) is 0 Å². The van der Waals surface area contributed by atoms with Crippen molar-refractivity contribution in [3.63, 3.8) is 0 Å². The van der Waals surface area contributed by atoms with Crippen molar-refractivity contribution >= 4 is 17.5 Å². The van der Waals surface area contributed by atoms with Gasteiger partial charge in [-0.25, -0.2) is 9.37 Å². The number of methoxy groups -OCH3 is 1. The molecular weight excluding hydrogens is 385 g/mol. The molecule has 0 atom stereocenters. The highest BCUT2D eigenvalue weighted by molar-refractivity contribution is 5.77. The third kappa shape index (κ3) is 3.23. The van der Waals surface area contributed by atoms with Crippen LogP contribution in [0.5, 0.6) is 5.75 Å². The number of morpholine rings is 1. The number of hydrogen-bond donors (Lipinski definition) is 0. The summed E-state index contributed by atoms with van der Waals surface area (Å²) in [5.41, 5.74) is 3.00.